The van der Waals surface area contributed by atoms with E-state index >= 15 is 0 Å². The fourth-order valence-corrected chi connectivity index (χ4v) is 2.61. The van der Waals surface area contributed by atoms with Crippen molar-refractivity contribution in [3.05, 3.63) is 30.7 Å². The number of aromatic nitrogens is 2. The van der Waals surface area contributed by atoms with E-state index in [2.05, 4.69) is 15.4 Å². The number of carbonyl (C=O) groups excluding carboxylic acids is 1. The standard InChI is InChI=1S/C16H22N4O4/c1-15(2,3)23-14(21)20-6-4-16(5-7-20)8-13(19-24-16)22-12-9-17-11-18-10-12/h8-11,19H,4-7H2,1-3H3. The second-order valence-corrected chi connectivity index (χ2v) is 6.92. The molecule has 1 aromatic rings. The molecule has 0 radical (unpaired) electrons. The highest BCUT2D eigenvalue weighted by Gasteiger charge is 2.41. The molecule has 8 nitrogen and oxygen atoms in total. The van der Waals surface area contributed by atoms with Crippen LogP contribution in [0.25, 0.3) is 0 Å². The van der Waals surface area contributed by atoms with Crippen molar-refractivity contribution >= 4 is 6.09 Å². The zero-order chi connectivity index (χ0) is 17.2. The number of nitrogens with one attached hydrogen (secondary N) is 1. The van der Waals surface area contributed by atoms with E-state index in [9.17, 15) is 4.79 Å². The molecule has 1 amide bonds. The number of likely N-dealkylation sites (tertiary alicyclic amines) is 1. The molecule has 0 bridgehead atoms. The van der Waals surface area contributed by atoms with E-state index in [1.165, 1.54) is 6.33 Å². The van der Waals surface area contributed by atoms with Crippen molar-refractivity contribution in [3.8, 4) is 5.75 Å². The Balaban J connectivity index is 1.57. The summed E-state index contributed by atoms with van der Waals surface area (Å²) < 4.78 is 11.0. The van der Waals surface area contributed by atoms with E-state index in [4.69, 9.17) is 14.3 Å². The van der Waals surface area contributed by atoms with Crippen molar-refractivity contribution < 1.29 is 19.1 Å². The van der Waals surface area contributed by atoms with E-state index in [1.807, 2.05) is 26.8 Å². The van der Waals surface area contributed by atoms with Crippen LogP contribution in [0.3, 0.4) is 0 Å². The fourth-order valence-electron chi connectivity index (χ4n) is 2.61. The first-order chi connectivity index (χ1) is 11.4. The number of rotatable bonds is 2. The van der Waals surface area contributed by atoms with Crippen LogP contribution in [-0.2, 0) is 9.57 Å². The van der Waals surface area contributed by atoms with Crippen LogP contribution in [0.4, 0.5) is 4.79 Å². The second kappa shape index (κ2) is 6.27. The first-order valence-electron chi connectivity index (χ1n) is 7.93. The van der Waals surface area contributed by atoms with Crippen molar-refractivity contribution in [2.45, 2.75) is 44.8 Å². The molecule has 1 saturated heterocycles. The lowest BCUT2D eigenvalue weighted by Crippen LogP contribution is -2.48. The summed E-state index contributed by atoms with van der Waals surface area (Å²) in [5.74, 6) is 1.04. The van der Waals surface area contributed by atoms with Gasteiger partial charge in [-0.25, -0.2) is 20.2 Å². The maximum atomic E-state index is 12.1. The lowest BCUT2D eigenvalue weighted by molar-refractivity contribution is -0.0799. The van der Waals surface area contributed by atoms with Gasteiger partial charge in [-0.3, -0.25) is 4.84 Å². The summed E-state index contributed by atoms with van der Waals surface area (Å²) >= 11 is 0. The number of carbonyl (C=O) groups is 1. The lowest BCUT2D eigenvalue weighted by Gasteiger charge is -2.36. The summed E-state index contributed by atoms with van der Waals surface area (Å²) in [6.45, 7) is 6.71. The number of nitrogens with zero attached hydrogens (tertiary/aromatic N) is 3. The van der Waals surface area contributed by atoms with Gasteiger partial charge in [-0.1, -0.05) is 0 Å². The molecule has 2 aliphatic heterocycles. The Bertz CT molecular complexity index is 619. The van der Waals surface area contributed by atoms with Crippen LogP contribution in [0.2, 0.25) is 0 Å². The largest absolute Gasteiger partial charge is 0.444 e. The first-order valence-corrected chi connectivity index (χ1v) is 7.93. The molecule has 0 unspecified atom stereocenters. The molecule has 0 saturated carbocycles. The fraction of sp³-hybridized carbons (Fsp3) is 0.562. The maximum absolute atomic E-state index is 12.1. The molecule has 8 heteroatoms. The minimum atomic E-state index is -0.490. The maximum Gasteiger partial charge on any atom is 0.410 e. The quantitative estimate of drug-likeness (QED) is 0.885. The van der Waals surface area contributed by atoms with Crippen LogP contribution in [0.5, 0.6) is 5.75 Å². The van der Waals surface area contributed by atoms with Gasteiger partial charge in [0, 0.05) is 32.0 Å². The number of ether oxygens (including phenoxy) is 2. The summed E-state index contributed by atoms with van der Waals surface area (Å²) in [7, 11) is 0. The van der Waals surface area contributed by atoms with Crippen LogP contribution in [-0.4, -0.2) is 45.3 Å². The van der Waals surface area contributed by atoms with E-state index in [0.29, 0.717) is 37.6 Å². The molecule has 1 fully saturated rings. The van der Waals surface area contributed by atoms with Gasteiger partial charge in [-0.2, -0.15) is 0 Å². The van der Waals surface area contributed by atoms with Gasteiger partial charge < -0.3 is 14.4 Å². The van der Waals surface area contributed by atoms with E-state index in [-0.39, 0.29) is 6.09 Å². The predicted molar refractivity (Wildman–Crippen MR) is 84.7 cm³/mol. The van der Waals surface area contributed by atoms with Crippen molar-refractivity contribution in [2.24, 2.45) is 0 Å². The average molecular weight is 334 g/mol. The molecule has 0 atom stereocenters. The zero-order valence-corrected chi connectivity index (χ0v) is 14.1. The first kappa shape index (κ1) is 16.5. The third kappa shape index (κ3) is 3.94. The molecular formula is C16H22N4O4. The zero-order valence-electron chi connectivity index (χ0n) is 14.1. The Morgan fingerprint density at radius 2 is 1.96 bits per heavy atom. The molecular weight excluding hydrogens is 312 g/mol. The Kier molecular flexibility index (Phi) is 4.31. The molecule has 3 rings (SSSR count). The number of piperidine rings is 1. The number of hydroxylamine groups is 1. The van der Waals surface area contributed by atoms with E-state index in [1.54, 1.807) is 17.3 Å². The van der Waals surface area contributed by atoms with Crippen LogP contribution < -0.4 is 10.2 Å². The Labute approximate surface area is 140 Å². The van der Waals surface area contributed by atoms with Gasteiger partial charge in [0.05, 0.1) is 12.4 Å². The minimum Gasteiger partial charge on any atom is -0.444 e. The van der Waals surface area contributed by atoms with Crippen molar-refractivity contribution in [1.82, 2.24) is 20.3 Å². The van der Waals surface area contributed by atoms with Crippen LogP contribution in [0.15, 0.2) is 30.7 Å². The van der Waals surface area contributed by atoms with Gasteiger partial charge in [0.2, 0.25) is 5.88 Å². The summed E-state index contributed by atoms with van der Waals surface area (Å²) in [6, 6.07) is 0. The number of hydrogen-bond donors (Lipinski definition) is 1. The summed E-state index contributed by atoms with van der Waals surface area (Å²) in [5.41, 5.74) is 1.84. The van der Waals surface area contributed by atoms with Crippen LogP contribution in [0.1, 0.15) is 33.6 Å². The number of hydrogen-bond acceptors (Lipinski definition) is 7. The van der Waals surface area contributed by atoms with Gasteiger partial charge in [-0.05, 0) is 20.8 Å². The normalized spacial score (nSPS) is 19.6. The third-order valence-corrected chi connectivity index (χ3v) is 3.78. The van der Waals surface area contributed by atoms with Gasteiger partial charge in [-0.15, -0.1) is 0 Å². The highest BCUT2D eigenvalue weighted by Crippen LogP contribution is 2.32. The van der Waals surface area contributed by atoms with Gasteiger partial charge >= 0.3 is 6.09 Å². The van der Waals surface area contributed by atoms with Gasteiger partial charge in [0.1, 0.15) is 17.5 Å². The molecule has 1 N–H and O–H groups in total. The van der Waals surface area contributed by atoms with Crippen molar-refractivity contribution in [2.75, 3.05) is 13.1 Å². The summed E-state index contributed by atoms with van der Waals surface area (Å²) in [4.78, 5) is 27.3. The Morgan fingerprint density at radius 3 is 2.58 bits per heavy atom. The SMILES string of the molecule is CC(C)(C)OC(=O)N1CCC2(C=C(Oc3cncnc3)NO2)CC1. The lowest BCUT2D eigenvalue weighted by atomic mass is 9.92. The highest BCUT2D eigenvalue weighted by molar-refractivity contribution is 5.68. The molecule has 3 heterocycles. The third-order valence-electron chi connectivity index (χ3n) is 3.78. The summed E-state index contributed by atoms with van der Waals surface area (Å²) in [5, 5.41) is 0. The number of amides is 1. The van der Waals surface area contributed by atoms with Gasteiger partial charge in [0.15, 0.2) is 5.75 Å². The van der Waals surface area contributed by atoms with Crippen molar-refractivity contribution in [1.29, 1.82) is 0 Å². The van der Waals surface area contributed by atoms with Crippen molar-refractivity contribution in [3.63, 3.8) is 0 Å². The second-order valence-electron chi connectivity index (χ2n) is 6.92. The smallest absolute Gasteiger partial charge is 0.410 e. The van der Waals surface area contributed by atoms with Crippen LogP contribution in [0, 0.1) is 0 Å². The topological polar surface area (TPSA) is 85.8 Å². The Hall–Kier alpha value is -2.35. The molecule has 24 heavy (non-hydrogen) atoms. The summed E-state index contributed by atoms with van der Waals surface area (Å²) in [6.07, 6.45) is 7.54. The monoisotopic (exact) mass is 334 g/mol. The molecule has 2 aliphatic rings. The van der Waals surface area contributed by atoms with E-state index in [0.717, 1.165) is 0 Å². The molecule has 1 spiro atoms. The minimum absolute atomic E-state index is 0.287. The Morgan fingerprint density at radius 1 is 1.29 bits per heavy atom. The average Bonchev–Trinajstić information content (AvgIpc) is 2.90. The molecule has 0 aromatic carbocycles. The predicted octanol–water partition coefficient (Wildman–Crippen LogP) is 2.00. The van der Waals surface area contributed by atoms with Crippen LogP contribution >= 0.6 is 0 Å². The highest BCUT2D eigenvalue weighted by atomic mass is 16.7. The molecule has 1 aromatic heterocycles. The molecule has 130 valence electrons. The molecule has 0 aliphatic carbocycles. The van der Waals surface area contributed by atoms with E-state index < -0.39 is 11.2 Å². The van der Waals surface area contributed by atoms with Gasteiger partial charge in [0.25, 0.3) is 0 Å².